The second-order valence-corrected chi connectivity index (χ2v) is 6.68. The maximum absolute atomic E-state index is 12.2. The number of hydrogen-bond acceptors (Lipinski definition) is 3. The fourth-order valence-corrected chi connectivity index (χ4v) is 2.63. The zero-order valence-corrected chi connectivity index (χ0v) is 14.4. The van der Waals surface area contributed by atoms with E-state index < -0.39 is 11.9 Å². The summed E-state index contributed by atoms with van der Waals surface area (Å²) in [5.41, 5.74) is 2.87. The molecule has 0 amide bonds. The van der Waals surface area contributed by atoms with Crippen molar-refractivity contribution in [2.75, 3.05) is 6.61 Å². The Morgan fingerprint density at radius 1 is 1.23 bits per heavy atom. The molecule has 1 aromatic carbocycles. The van der Waals surface area contributed by atoms with Gasteiger partial charge < -0.3 is 9.84 Å². The second kappa shape index (κ2) is 6.95. The predicted octanol–water partition coefficient (Wildman–Crippen LogP) is 4.02. The lowest BCUT2D eigenvalue weighted by Gasteiger charge is -2.24. The maximum Gasteiger partial charge on any atom is 0.339 e. The van der Waals surface area contributed by atoms with Crippen molar-refractivity contribution in [2.24, 2.45) is 5.41 Å². The van der Waals surface area contributed by atoms with Crippen molar-refractivity contribution in [3.05, 3.63) is 33.9 Å². The molecule has 0 aliphatic heterocycles. The van der Waals surface area contributed by atoms with Crippen molar-refractivity contribution in [1.29, 1.82) is 0 Å². The van der Waals surface area contributed by atoms with Gasteiger partial charge >= 0.3 is 11.9 Å². The van der Waals surface area contributed by atoms with Gasteiger partial charge in [-0.2, -0.15) is 0 Å². The zero-order chi connectivity index (χ0) is 17.1. The van der Waals surface area contributed by atoms with Gasteiger partial charge in [-0.15, -0.1) is 0 Å². The Kier molecular flexibility index (Phi) is 5.75. The smallest absolute Gasteiger partial charge is 0.339 e. The third-order valence-electron chi connectivity index (χ3n) is 3.62. The van der Waals surface area contributed by atoms with Crippen molar-refractivity contribution in [3.63, 3.8) is 0 Å². The van der Waals surface area contributed by atoms with Crippen LogP contribution in [0.25, 0.3) is 0 Å². The Balaban J connectivity index is 3.66. The highest BCUT2D eigenvalue weighted by molar-refractivity contribution is 6.04. The summed E-state index contributed by atoms with van der Waals surface area (Å²) >= 11 is 0. The summed E-state index contributed by atoms with van der Waals surface area (Å²) < 4.78 is 5.04. The van der Waals surface area contributed by atoms with Crippen LogP contribution in [-0.4, -0.2) is 23.7 Å². The molecular weight excluding hydrogens is 280 g/mol. The first-order valence-corrected chi connectivity index (χ1v) is 7.68. The van der Waals surface area contributed by atoms with E-state index >= 15 is 0 Å². The minimum atomic E-state index is -1.08. The maximum atomic E-state index is 12.2. The van der Waals surface area contributed by atoms with Gasteiger partial charge in [0.25, 0.3) is 0 Å². The lowest BCUT2D eigenvalue weighted by Crippen LogP contribution is -2.20. The first-order chi connectivity index (χ1) is 10.1. The standard InChI is InChI=1S/C18H26O4/c1-7-12-9-13(17(21)22-8-2)15(16(19)20)14(11(12)3)10-18(4,5)6/h9H,7-8,10H2,1-6H3,(H,19,20). The van der Waals surface area contributed by atoms with Gasteiger partial charge in [-0.1, -0.05) is 27.7 Å². The van der Waals surface area contributed by atoms with Crippen LogP contribution >= 0.6 is 0 Å². The summed E-state index contributed by atoms with van der Waals surface area (Å²) in [7, 11) is 0. The van der Waals surface area contributed by atoms with Crippen molar-refractivity contribution in [3.8, 4) is 0 Å². The van der Waals surface area contributed by atoms with E-state index in [1.165, 1.54) is 0 Å². The third-order valence-corrected chi connectivity index (χ3v) is 3.62. The van der Waals surface area contributed by atoms with Crippen LogP contribution in [0, 0.1) is 12.3 Å². The van der Waals surface area contributed by atoms with Crippen molar-refractivity contribution in [1.82, 2.24) is 0 Å². The molecule has 0 spiro atoms. The lowest BCUT2D eigenvalue weighted by molar-refractivity contribution is 0.0513. The average Bonchev–Trinajstić information content (AvgIpc) is 2.39. The molecule has 0 aliphatic carbocycles. The van der Waals surface area contributed by atoms with E-state index in [0.29, 0.717) is 6.42 Å². The summed E-state index contributed by atoms with van der Waals surface area (Å²) in [4.78, 5) is 24.0. The van der Waals surface area contributed by atoms with Crippen LogP contribution in [0.3, 0.4) is 0 Å². The van der Waals surface area contributed by atoms with Gasteiger partial charge in [0.05, 0.1) is 17.7 Å². The van der Waals surface area contributed by atoms with Crippen molar-refractivity contribution < 1.29 is 19.4 Å². The van der Waals surface area contributed by atoms with E-state index in [2.05, 4.69) is 20.8 Å². The highest BCUT2D eigenvalue weighted by Crippen LogP contribution is 2.30. The first-order valence-electron chi connectivity index (χ1n) is 7.68. The molecule has 0 bridgehead atoms. The van der Waals surface area contributed by atoms with Gasteiger partial charge in [-0.05, 0) is 54.9 Å². The molecule has 0 fully saturated rings. The fourth-order valence-electron chi connectivity index (χ4n) is 2.63. The van der Waals surface area contributed by atoms with Crippen LogP contribution in [0.2, 0.25) is 0 Å². The third kappa shape index (κ3) is 4.09. The van der Waals surface area contributed by atoms with Gasteiger partial charge in [0, 0.05) is 0 Å². The first kappa shape index (κ1) is 18.2. The number of ether oxygens (including phenoxy) is 1. The Labute approximate surface area is 132 Å². The number of aromatic carboxylic acids is 1. The number of carbonyl (C=O) groups is 2. The van der Waals surface area contributed by atoms with Crippen molar-refractivity contribution in [2.45, 2.75) is 54.4 Å². The summed E-state index contributed by atoms with van der Waals surface area (Å²) in [6.07, 6.45) is 1.34. The molecule has 0 saturated carbocycles. The Morgan fingerprint density at radius 3 is 2.23 bits per heavy atom. The second-order valence-electron chi connectivity index (χ2n) is 6.68. The van der Waals surface area contributed by atoms with Crippen LogP contribution in [0.5, 0.6) is 0 Å². The molecule has 0 heterocycles. The molecule has 0 atom stereocenters. The minimum Gasteiger partial charge on any atom is -0.478 e. The van der Waals surface area contributed by atoms with Gasteiger partial charge in [0.2, 0.25) is 0 Å². The molecule has 4 nitrogen and oxygen atoms in total. The number of hydrogen-bond donors (Lipinski definition) is 1. The number of aryl methyl sites for hydroxylation is 1. The summed E-state index contributed by atoms with van der Waals surface area (Å²) in [6.45, 7) is 12.0. The Bertz CT molecular complexity index is 580. The lowest BCUT2D eigenvalue weighted by atomic mass is 9.81. The van der Waals surface area contributed by atoms with E-state index in [1.54, 1.807) is 13.0 Å². The molecule has 1 aromatic rings. The molecule has 0 saturated heterocycles. The normalized spacial score (nSPS) is 11.4. The van der Waals surface area contributed by atoms with E-state index in [4.69, 9.17) is 4.74 Å². The molecule has 0 radical (unpaired) electrons. The molecule has 22 heavy (non-hydrogen) atoms. The van der Waals surface area contributed by atoms with Gasteiger partial charge in [0.15, 0.2) is 0 Å². The molecular formula is C18H26O4. The molecule has 4 heteroatoms. The predicted molar refractivity (Wildman–Crippen MR) is 86.6 cm³/mol. The number of benzene rings is 1. The Morgan fingerprint density at radius 2 is 1.82 bits per heavy atom. The van der Waals surface area contributed by atoms with Crippen molar-refractivity contribution >= 4 is 11.9 Å². The minimum absolute atomic E-state index is 0.0761. The summed E-state index contributed by atoms with van der Waals surface area (Å²) in [5.74, 6) is -1.64. The monoisotopic (exact) mass is 306 g/mol. The molecule has 1 N–H and O–H groups in total. The fraction of sp³-hybridized carbons (Fsp3) is 0.556. The summed E-state index contributed by atoms with van der Waals surface area (Å²) in [6, 6.07) is 1.67. The highest BCUT2D eigenvalue weighted by atomic mass is 16.5. The van der Waals surface area contributed by atoms with Crippen LogP contribution < -0.4 is 0 Å². The number of rotatable bonds is 5. The molecule has 122 valence electrons. The van der Waals surface area contributed by atoms with E-state index in [-0.39, 0.29) is 23.1 Å². The SMILES string of the molecule is CCOC(=O)c1cc(CC)c(C)c(CC(C)(C)C)c1C(=O)O. The van der Waals surface area contributed by atoms with E-state index in [0.717, 1.165) is 23.1 Å². The molecule has 0 aliphatic rings. The molecule has 0 unspecified atom stereocenters. The quantitative estimate of drug-likeness (QED) is 0.834. The van der Waals surface area contributed by atoms with E-state index in [9.17, 15) is 14.7 Å². The van der Waals surface area contributed by atoms with Crippen LogP contribution in [-0.2, 0) is 17.6 Å². The highest BCUT2D eigenvalue weighted by Gasteiger charge is 2.27. The largest absolute Gasteiger partial charge is 0.478 e. The number of carboxylic acid groups (broad SMARTS) is 1. The van der Waals surface area contributed by atoms with E-state index in [1.807, 2.05) is 13.8 Å². The number of carboxylic acids is 1. The zero-order valence-electron chi connectivity index (χ0n) is 14.4. The summed E-state index contributed by atoms with van der Waals surface area (Å²) in [5, 5.41) is 9.64. The Hall–Kier alpha value is -1.84. The van der Waals surface area contributed by atoms with Gasteiger partial charge in [0.1, 0.15) is 0 Å². The van der Waals surface area contributed by atoms with Crippen LogP contribution in [0.4, 0.5) is 0 Å². The molecule has 1 rings (SSSR count). The number of esters is 1. The van der Waals surface area contributed by atoms with Gasteiger partial charge in [-0.25, -0.2) is 9.59 Å². The topological polar surface area (TPSA) is 63.6 Å². The van der Waals surface area contributed by atoms with Gasteiger partial charge in [-0.3, -0.25) is 0 Å². The number of carbonyl (C=O) groups excluding carboxylic acids is 1. The van der Waals surface area contributed by atoms with Crippen LogP contribution in [0.15, 0.2) is 6.07 Å². The van der Waals surface area contributed by atoms with Crippen LogP contribution in [0.1, 0.15) is 72.0 Å². The average molecular weight is 306 g/mol. The molecule has 0 aromatic heterocycles.